The van der Waals surface area contributed by atoms with E-state index in [1.165, 1.54) is 205 Å². The highest BCUT2D eigenvalue weighted by Crippen LogP contribution is 2.17. The summed E-state index contributed by atoms with van der Waals surface area (Å²) in [6.45, 7) is 6.64. The van der Waals surface area contributed by atoms with Crippen molar-refractivity contribution in [1.29, 1.82) is 0 Å². The Hall–Kier alpha value is -2.63. The predicted octanol–water partition coefficient (Wildman–Crippen LogP) is 21.0. The number of ether oxygens (including phenoxy) is 3. The first kappa shape index (κ1) is 68.4. The third-order valence-electron chi connectivity index (χ3n) is 13.8. The Morgan fingerprint density at radius 1 is 0.282 bits per heavy atom. The van der Waals surface area contributed by atoms with Crippen molar-refractivity contribution < 1.29 is 28.6 Å². The Morgan fingerprint density at radius 3 is 0.831 bits per heavy atom. The lowest BCUT2D eigenvalue weighted by Gasteiger charge is -2.18. The molecule has 0 N–H and O–H groups in total. The molecule has 0 saturated heterocycles. The minimum Gasteiger partial charge on any atom is -0.462 e. The molecule has 1 unspecified atom stereocenters. The molecule has 0 aromatic heterocycles. The summed E-state index contributed by atoms with van der Waals surface area (Å²) in [6, 6.07) is 0. The number of carbonyl (C=O) groups excluding carboxylic acids is 3. The van der Waals surface area contributed by atoms with Gasteiger partial charge in [-0.25, -0.2) is 0 Å². The van der Waals surface area contributed by atoms with E-state index in [2.05, 4.69) is 69.4 Å². The molecule has 0 bridgehead atoms. The van der Waals surface area contributed by atoms with Crippen LogP contribution in [0.4, 0.5) is 0 Å². The Kier molecular flexibility index (Phi) is 57.7. The van der Waals surface area contributed by atoms with Gasteiger partial charge in [0.1, 0.15) is 13.2 Å². The zero-order chi connectivity index (χ0) is 51.4. The number of hydrogen-bond acceptors (Lipinski definition) is 6. The quantitative estimate of drug-likeness (QED) is 0.0261. The van der Waals surface area contributed by atoms with E-state index in [-0.39, 0.29) is 31.1 Å². The molecule has 6 heteroatoms. The van der Waals surface area contributed by atoms with Gasteiger partial charge in [-0.15, -0.1) is 0 Å². The molecule has 71 heavy (non-hydrogen) atoms. The first-order valence-electron chi connectivity index (χ1n) is 31.1. The van der Waals surface area contributed by atoms with Crippen LogP contribution in [-0.2, 0) is 28.6 Å². The maximum Gasteiger partial charge on any atom is 0.306 e. The Bertz CT molecular complexity index is 1230. The molecule has 0 aliphatic carbocycles. The van der Waals surface area contributed by atoms with Gasteiger partial charge in [0.2, 0.25) is 0 Å². The van der Waals surface area contributed by atoms with Crippen molar-refractivity contribution in [2.45, 2.75) is 335 Å². The fourth-order valence-electron chi connectivity index (χ4n) is 9.09. The maximum atomic E-state index is 12.9. The van der Waals surface area contributed by atoms with E-state index in [1.54, 1.807) is 0 Å². The molecule has 0 saturated carbocycles. The molecule has 1 atom stereocenters. The summed E-state index contributed by atoms with van der Waals surface area (Å²) in [7, 11) is 0. The van der Waals surface area contributed by atoms with E-state index < -0.39 is 6.10 Å². The van der Waals surface area contributed by atoms with Gasteiger partial charge in [0.25, 0.3) is 0 Å². The molecular formula is C65H118O6. The van der Waals surface area contributed by atoms with Crippen molar-refractivity contribution in [3.8, 4) is 0 Å². The highest BCUT2D eigenvalue weighted by molar-refractivity contribution is 5.71. The van der Waals surface area contributed by atoms with Gasteiger partial charge in [0, 0.05) is 19.3 Å². The van der Waals surface area contributed by atoms with Crippen molar-refractivity contribution >= 4 is 17.9 Å². The molecule has 6 nitrogen and oxygen atoms in total. The van der Waals surface area contributed by atoms with E-state index in [0.717, 1.165) is 83.5 Å². The molecule has 0 radical (unpaired) electrons. The van der Waals surface area contributed by atoms with Gasteiger partial charge in [-0.1, -0.05) is 275 Å². The van der Waals surface area contributed by atoms with Gasteiger partial charge in [-0.3, -0.25) is 14.4 Å². The zero-order valence-corrected chi connectivity index (χ0v) is 47.5. The van der Waals surface area contributed by atoms with Gasteiger partial charge in [0.15, 0.2) is 6.10 Å². The van der Waals surface area contributed by atoms with Crippen molar-refractivity contribution in [2.24, 2.45) is 0 Å². The Balaban J connectivity index is 4.30. The van der Waals surface area contributed by atoms with Gasteiger partial charge in [0.05, 0.1) is 0 Å². The monoisotopic (exact) mass is 995 g/mol. The minimum absolute atomic E-state index is 0.0765. The highest BCUT2D eigenvalue weighted by Gasteiger charge is 2.19. The lowest BCUT2D eigenvalue weighted by Crippen LogP contribution is -2.30. The van der Waals surface area contributed by atoms with E-state index >= 15 is 0 Å². The summed E-state index contributed by atoms with van der Waals surface area (Å²) in [4.78, 5) is 38.2. The Labute approximate surface area is 441 Å². The molecule has 0 heterocycles. The van der Waals surface area contributed by atoms with Crippen molar-refractivity contribution in [3.63, 3.8) is 0 Å². The van der Waals surface area contributed by atoms with Crippen LogP contribution in [0.5, 0.6) is 0 Å². The number of rotatable bonds is 57. The van der Waals surface area contributed by atoms with Gasteiger partial charge < -0.3 is 14.2 Å². The fourth-order valence-corrected chi connectivity index (χ4v) is 9.09. The first-order valence-corrected chi connectivity index (χ1v) is 31.1. The average molecular weight is 996 g/mol. The lowest BCUT2D eigenvalue weighted by atomic mass is 10.0. The molecular weight excluding hydrogens is 877 g/mol. The molecule has 0 amide bonds. The van der Waals surface area contributed by atoms with Crippen LogP contribution in [-0.4, -0.2) is 37.2 Å². The van der Waals surface area contributed by atoms with Crippen molar-refractivity contribution in [1.82, 2.24) is 0 Å². The third kappa shape index (κ3) is 58.1. The van der Waals surface area contributed by atoms with Crippen LogP contribution >= 0.6 is 0 Å². The average Bonchev–Trinajstić information content (AvgIpc) is 3.37. The van der Waals surface area contributed by atoms with Crippen LogP contribution in [0.3, 0.4) is 0 Å². The van der Waals surface area contributed by atoms with Crippen molar-refractivity contribution in [3.05, 3.63) is 48.6 Å². The molecule has 414 valence electrons. The standard InChI is InChI=1S/C65H118O6/c1-4-7-10-13-16-19-22-25-27-29-31-32-33-34-35-37-38-40-43-46-49-52-55-58-64(67)70-61-62(60-69-63(66)57-54-51-48-45-42-24-21-18-15-12-9-6-3)71-65(68)59-56-53-50-47-44-41-39-36-30-28-26-23-20-17-14-11-8-5-2/h18,21-22,25,29,31,33-34,62H,4-17,19-20,23-24,26-28,30,32,35-61H2,1-3H3/b21-18-,25-22-,31-29-,34-33-. The fraction of sp³-hybridized carbons (Fsp3) is 0.831. The van der Waals surface area contributed by atoms with E-state index in [1.807, 2.05) is 0 Å². The highest BCUT2D eigenvalue weighted by atomic mass is 16.6. The summed E-state index contributed by atoms with van der Waals surface area (Å²) in [5, 5.41) is 0. The van der Waals surface area contributed by atoms with Crippen LogP contribution in [0.25, 0.3) is 0 Å². The van der Waals surface area contributed by atoms with Crippen LogP contribution in [0.2, 0.25) is 0 Å². The predicted molar refractivity (Wildman–Crippen MR) is 307 cm³/mol. The van der Waals surface area contributed by atoms with Crippen molar-refractivity contribution in [2.75, 3.05) is 13.2 Å². The Morgan fingerprint density at radius 2 is 0.507 bits per heavy atom. The third-order valence-corrected chi connectivity index (χ3v) is 13.8. The summed E-state index contributed by atoms with van der Waals surface area (Å²) < 4.78 is 16.9. The minimum atomic E-state index is -0.777. The zero-order valence-electron chi connectivity index (χ0n) is 47.5. The van der Waals surface area contributed by atoms with Crippen LogP contribution < -0.4 is 0 Å². The number of allylic oxidation sites excluding steroid dienone is 8. The molecule has 0 aliphatic heterocycles. The summed E-state index contributed by atoms with van der Waals surface area (Å²) in [5.41, 5.74) is 0. The SMILES string of the molecule is CCCCC/C=C\CCCCCCCC(=O)OCC(COC(=O)CCCCCCCCCC/C=C\C/C=C\C/C=C\CCCCCCC)OC(=O)CCCCCCCCCCCCCCCCCCCC. The second-order valence-electron chi connectivity index (χ2n) is 21.0. The number of unbranched alkanes of at least 4 members (excludes halogenated alkanes) is 38. The molecule has 0 fully saturated rings. The molecule has 0 spiro atoms. The first-order chi connectivity index (χ1) is 35.0. The van der Waals surface area contributed by atoms with Crippen LogP contribution in [0.1, 0.15) is 329 Å². The van der Waals surface area contributed by atoms with Gasteiger partial charge in [-0.2, -0.15) is 0 Å². The smallest absolute Gasteiger partial charge is 0.306 e. The van der Waals surface area contributed by atoms with Crippen LogP contribution in [0.15, 0.2) is 48.6 Å². The largest absolute Gasteiger partial charge is 0.462 e. The number of esters is 3. The van der Waals surface area contributed by atoms with E-state index in [4.69, 9.17) is 14.2 Å². The topological polar surface area (TPSA) is 78.9 Å². The second kappa shape index (κ2) is 59.9. The normalized spacial score (nSPS) is 12.3. The van der Waals surface area contributed by atoms with Crippen LogP contribution in [0, 0.1) is 0 Å². The maximum absolute atomic E-state index is 12.9. The van der Waals surface area contributed by atoms with E-state index in [9.17, 15) is 14.4 Å². The summed E-state index contributed by atoms with van der Waals surface area (Å²) in [5.74, 6) is -0.874. The van der Waals surface area contributed by atoms with Gasteiger partial charge >= 0.3 is 17.9 Å². The molecule has 0 aromatic rings. The molecule has 0 aromatic carbocycles. The lowest BCUT2D eigenvalue weighted by molar-refractivity contribution is -0.167. The number of hydrogen-bond donors (Lipinski definition) is 0. The summed E-state index contributed by atoms with van der Waals surface area (Å²) >= 11 is 0. The van der Waals surface area contributed by atoms with E-state index in [0.29, 0.717) is 19.3 Å². The second-order valence-corrected chi connectivity index (χ2v) is 21.0. The summed E-state index contributed by atoms with van der Waals surface area (Å²) in [6.07, 6.45) is 74.0. The molecule has 0 aliphatic rings. The number of carbonyl (C=O) groups is 3. The molecule has 0 rings (SSSR count). The van der Waals surface area contributed by atoms with Gasteiger partial charge in [-0.05, 0) is 83.5 Å².